The fraction of sp³-hybridized carbons (Fsp3) is 0.400. The largest absolute Gasteiger partial charge is 0.306 e. The number of carbonyl (C=O) groups is 2. The zero-order chi connectivity index (χ0) is 19.0. The smallest absolute Gasteiger partial charge is 0.267 e. The Labute approximate surface area is 170 Å². The van der Waals surface area contributed by atoms with Gasteiger partial charge >= 0.3 is 0 Å². The molecule has 1 aliphatic heterocycles. The number of nitrogens with zero attached hydrogens (tertiary/aromatic N) is 2. The summed E-state index contributed by atoms with van der Waals surface area (Å²) < 4.78 is 0.881. The molecule has 0 bridgehead atoms. The topological polar surface area (TPSA) is 60.9 Å². The standard InChI is InChI=1S/C20H21BrN2O3S/c21-16-10-17(27-12-16)19-22(11-18(24)23(19)26)20(25)15-8-6-14(7-9-15)13-4-2-1-3-5-13/h1-5,10,12,14-15,19,26H,6-9,11H2. The number of hydrogen-bond acceptors (Lipinski definition) is 4. The van der Waals surface area contributed by atoms with Gasteiger partial charge in [0, 0.05) is 15.8 Å². The van der Waals surface area contributed by atoms with Crippen molar-refractivity contribution in [1.82, 2.24) is 9.96 Å². The summed E-state index contributed by atoms with van der Waals surface area (Å²) in [6.07, 6.45) is 2.86. The molecule has 27 heavy (non-hydrogen) atoms. The van der Waals surface area contributed by atoms with E-state index in [1.54, 1.807) is 0 Å². The number of hydroxylamine groups is 2. The van der Waals surface area contributed by atoms with Gasteiger partial charge in [0.05, 0.1) is 4.88 Å². The molecule has 2 fully saturated rings. The van der Waals surface area contributed by atoms with Crippen molar-refractivity contribution in [2.75, 3.05) is 6.54 Å². The van der Waals surface area contributed by atoms with Gasteiger partial charge in [-0.1, -0.05) is 30.3 Å². The molecule has 2 amide bonds. The van der Waals surface area contributed by atoms with Gasteiger partial charge in [0.15, 0.2) is 6.17 Å². The predicted octanol–water partition coefficient (Wildman–Crippen LogP) is 4.54. The number of benzene rings is 1. The molecule has 1 unspecified atom stereocenters. The normalized spacial score (nSPS) is 25.9. The summed E-state index contributed by atoms with van der Waals surface area (Å²) in [5.41, 5.74) is 1.34. The Bertz CT molecular complexity index is 833. The lowest BCUT2D eigenvalue weighted by molar-refractivity contribution is -0.172. The molecule has 1 saturated heterocycles. The average Bonchev–Trinajstić information content (AvgIpc) is 3.25. The highest BCUT2D eigenvalue weighted by molar-refractivity contribution is 9.10. The number of hydrogen-bond donors (Lipinski definition) is 1. The van der Waals surface area contributed by atoms with Crippen LogP contribution in [0.4, 0.5) is 0 Å². The van der Waals surface area contributed by atoms with Crippen LogP contribution in [0, 0.1) is 5.92 Å². The van der Waals surface area contributed by atoms with Gasteiger partial charge in [-0.15, -0.1) is 11.3 Å². The minimum Gasteiger partial charge on any atom is -0.306 e. The van der Waals surface area contributed by atoms with Crippen LogP contribution in [-0.2, 0) is 9.59 Å². The molecule has 1 aliphatic carbocycles. The maximum Gasteiger partial charge on any atom is 0.267 e. The second-order valence-corrected chi connectivity index (χ2v) is 9.06. The fourth-order valence-electron chi connectivity index (χ4n) is 4.14. The Balaban J connectivity index is 1.46. The molecule has 1 saturated carbocycles. The van der Waals surface area contributed by atoms with E-state index in [1.807, 2.05) is 17.5 Å². The van der Waals surface area contributed by atoms with Crippen molar-refractivity contribution >= 4 is 39.1 Å². The molecule has 4 rings (SSSR count). The van der Waals surface area contributed by atoms with Gasteiger partial charge in [0.25, 0.3) is 5.91 Å². The van der Waals surface area contributed by atoms with Crippen LogP contribution in [0.1, 0.15) is 48.2 Å². The molecular formula is C20H21BrN2O3S. The number of halogens is 1. The van der Waals surface area contributed by atoms with E-state index in [2.05, 4.69) is 40.2 Å². The van der Waals surface area contributed by atoms with Gasteiger partial charge in [0.2, 0.25) is 5.91 Å². The minimum absolute atomic E-state index is 0.0269. The Morgan fingerprint density at radius 3 is 2.48 bits per heavy atom. The molecule has 142 valence electrons. The third kappa shape index (κ3) is 3.68. The number of carbonyl (C=O) groups excluding carboxylic acids is 2. The van der Waals surface area contributed by atoms with Crippen molar-refractivity contribution < 1.29 is 14.8 Å². The molecule has 5 nitrogen and oxygen atoms in total. The van der Waals surface area contributed by atoms with E-state index in [0.717, 1.165) is 35.0 Å². The van der Waals surface area contributed by atoms with E-state index < -0.39 is 12.1 Å². The number of amides is 2. The number of rotatable bonds is 3. The van der Waals surface area contributed by atoms with E-state index >= 15 is 0 Å². The van der Waals surface area contributed by atoms with E-state index in [1.165, 1.54) is 21.8 Å². The lowest BCUT2D eigenvalue weighted by Gasteiger charge is -2.32. The summed E-state index contributed by atoms with van der Waals surface area (Å²) >= 11 is 4.82. The zero-order valence-corrected chi connectivity index (χ0v) is 17.2. The highest BCUT2D eigenvalue weighted by Gasteiger charge is 2.44. The molecule has 1 atom stereocenters. The summed E-state index contributed by atoms with van der Waals surface area (Å²) in [6, 6.07) is 12.3. The molecule has 2 heterocycles. The van der Waals surface area contributed by atoms with Crippen LogP contribution in [0.3, 0.4) is 0 Å². The summed E-state index contributed by atoms with van der Waals surface area (Å²) in [5.74, 6) is -0.0548. The van der Waals surface area contributed by atoms with Gasteiger partial charge < -0.3 is 4.90 Å². The number of thiophene rings is 1. The van der Waals surface area contributed by atoms with Gasteiger partial charge in [0.1, 0.15) is 6.54 Å². The van der Waals surface area contributed by atoms with Crippen LogP contribution in [0.2, 0.25) is 0 Å². The Morgan fingerprint density at radius 1 is 1.15 bits per heavy atom. The van der Waals surface area contributed by atoms with Crippen molar-refractivity contribution in [1.29, 1.82) is 0 Å². The highest BCUT2D eigenvalue weighted by Crippen LogP contribution is 2.40. The first-order valence-electron chi connectivity index (χ1n) is 9.15. The molecule has 1 aromatic carbocycles. The molecule has 7 heteroatoms. The molecule has 2 aliphatic rings. The molecular weight excluding hydrogens is 428 g/mol. The average molecular weight is 449 g/mol. The van der Waals surface area contributed by atoms with E-state index in [0.29, 0.717) is 11.0 Å². The first kappa shape index (κ1) is 18.7. The van der Waals surface area contributed by atoms with Crippen LogP contribution >= 0.6 is 27.3 Å². The maximum absolute atomic E-state index is 13.2. The minimum atomic E-state index is -0.715. The van der Waals surface area contributed by atoms with Crippen molar-refractivity contribution in [2.24, 2.45) is 5.92 Å². The Hall–Kier alpha value is -1.70. The van der Waals surface area contributed by atoms with Crippen LogP contribution < -0.4 is 0 Å². The summed E-state index contributed by atoms with van der Waals surface area (Å²) in [4.78, 5) is 27.5. The monoisotopic (exact) mass is 448 g/mol. The quantitative estimate of drug-likeness (QED) is 0.700. The van der Waals surface area contributed by atoms with E-state index in [-0.39, 0.29) is 18.4 Å². The molecule has 1 aromatic heterocycles. The first-order chi connectivity index (χ1) is 13.0. The summed E-state index contributed by atoms with van der Waals surface area (Å²) in [7, 11) is 0. The maximum atomic E-state index is 13.2. The highest BCUT2D eigenvalue weighted by atomic mass is 79.9. The third-order valence-electron chi connectivity index (χ3n) is 5.56. The van der Waals surface area contributed by atoms with Crippen molar-refractivity contribution in [3.8, 4) is 0 Å². The SMILES string of the molecule is O=C1CN(C(=O)C2CCC(c3ccccc3)CC2)C(c2cc(Br)cs2)N1O. The van der Waals surface area contributed by atoms with Crippen molar-refractivity contribution in [3.05, 3.63) is 56.7 Å². The molecule has 0 radical (unpaired) electrons. The summed E-state index contributed by atoms with van der Waals surface area (Å²) in [6.45, 7) is -0.0614. The predicted molar refractivity (Wildman–Crippen MR) is 106 cm³/mol. The second kappa shape index (κ2) is 7.73. The van der Waals surface area contributed by atoms with Gasteiger partial charge in [-0.05, 0) is 59.2 Å². The molecule has 0 spiro atoms. The third-order valence-corrected chi connectivity index (χ3v) is 7.29. The van der Waals surface area contributed by atoms with Gasteiger partial charge in [-0.2, -0.15) is 5.06 Å². The Morgan fingerprint density at radius 2 is 1.85 bits per heavy atom. The fourth-order valence-corrected chi connectivity index (χ4v) is 5.68. The lowest BCUT2D eigenvalue weighted by atomic mass is 9.78. The van der Waals surface area contributed by atoms with E-state index in [4.69, 9.17) is 0 Å². The van der Waals surface area contributed by atoms with Crippen LogP contribution in [0.25, 0.3) is 0 Å². The van der Waals surface area contributed by atoms with Gasteiger partial charge in [-0.25, -0.2) is 0 Å². The molecule has 1 N–H and O–H groups in total. The van der Waals surface area contributed by atoms with Crippen LogP contribution in [0.5, 0.6) is 0 Å². The van der Waals surface area contributed by atoms with Crippen LogP contribution in [0.15, 0.2) is 46.3 Å². The summed E-state index contributed by atoms with van der Waals surface area (Å²) in [5, 5.41) is 12.8. The lowest BCUT2D eigenvalue weighted by Crippen LogP contribution is -2.39. The van der Waals surface area contributed by atoms with Crippen LogP contribution in [-0.4, -0.2) is 33.5 Å². The van der Waals surface area contributed by atoms with Gasteiger partial charge in [-0.3, -0.25) is 14.8 Å². The van der Waals surface area contributed by atoms with Crippen molar-refractivity contribution in [3.63, 3.8) is 0 Å². The second-order valence-electron chi connectivity index (χ2n) is 7.20. The van der Waals surface area contributed by atoms with E-state index in [9.17, 15) is 14.8 Å². The zero-order valence-electron chi connectivity index (χ0n) is 14.8. The van der Waals surface area contributed by atoms with Crippen molar-refractivity contribution in [2.45, 2.75) is 37.8 Å². The molecule has 2 aromatic rings. The first-order valence-corrected chi connectivity index (χ1v) is 10.8. The Kier molecular flexibility index (Phi) is 5.34.